The van der Waals surface area contributed by atoms with Crippen LogP contribution in [0.15, 0.2) is 36.4 Å². The molecule has 8 heteroatoms. The minimum atomic E-state index is -3.32. The van der Waals surface area contributed by atoms with Crippen molar-refractivity contribution in [2.75, 3.05) is 49.1 Å². The molecule has 156 valence electrons. The van der Waals surface area contributed by atoms with Gasteiger partial charge in [-0.3, -0.25) is 0 Å². The zero-order chi connectivity index (χ0) is 20.3. The van der Waals surface area contributed by atoms with E-state index in [4.69, 9.17) is 4.98 Å². The average Bonchev–Trinajstić information content (AvgIpc) is 2.74. The van der Waals surface area contributed by atoms with Gasteiger partial charge in [0.1, 0.15) is 5.82 Å². The molecule has 1 aromatic carbocycles. The van der Waals surface area contributed by atoms with Gasteiger partial charge in [-0.15, -0.1) is 0 Å². The summed E-state index contributed by atoms with van der Waals surface area (Å²) in [5.74, 6) is 1.76. The molecule has 0 radical (unpaired) electrons. The summed E-state index contributed by atoms with van der Waals surface area (Å²) in [6.45, 7) is 6.23. The van der Waals surface area contributed by atoms with Crippen LogP contribution < -0.4 is 9.80 Å². The van der Waals surface area contributed by atoms with Gasteiger partial charge in [-0.05, 0) is 31.7 Å². The molecule has 2 fully saturated rings. The highest BCUT2D eigenvalue weighted by molar-refractivity contribution is 7.88. The molecular formula is C21H29N5O2S. The Hall–Kier alpha value is -2.19. The van der Waals surface area contributed by atoms with Crippen LogP contribution >= 0.6 is 0 Å². The van der Waals surface area contributed by atoms with E-state index in [9.17, 15) is 8.42 Å². The van der Waals surface area contributed by atoms with E-state index in [0.717, 1.165) is 30.2 Å². The SMILES string of the molecule is Cc1cc(N2CCCCC2)nc(N2CCN(S(=O)(=O)Cc3ccccc3)CC2)n1. The Morgan fingerprint density at radius 1 is 0.862 bits per heavy atom. The summed E-state index contributed by atoms with van der Waals surface area (Å²) < 4.78 is 27.2. The minimum Gasteiger partial charge on any atom is -0.356 e. The third-order valence-electron chi connectivity index (χ3n) is 5.62. The van der Waals surface area contributed by atoms with Gasteiger partial charge in [0, 0.05) is 51.0 Å². The standard InChI is InChI=1S/C21H29N5O2S/c1-18-16-20(24-10-6-3-7-11-24)23-21(22-18)25-12-14-26(15-13-25)29(27,28)17-19-8-4-2-5-9-19/h2,4-5,8-9,16H,3,6-7,10-15,17H2,1H3. The fourth-order valence-corrected chi connectivity index (χ4v) is 5.52. The summed E-state index contributed by atoms with van der Waals surface area (Å²) in [6, 6.07) is 11.4. The van der Waals surface area contributed by atoms with Gasteiger partial charge in [0.2, 0.25) is 16.0 Å². The first-order valence-corrected chi connectivity index (χ1v) is 12.0. The van der Waals surface area contributed by atoms with Crippen molar-refractivity contribution in [2.45, 2.75) is 31.9 Å². The van der Waals surface area contributed by atoms with E-state index in [1.165, 1.54) is 19.3 Å². The predicted molar refractivity (Wildman–Crippen MR) is 116 cm³/mol. The van der Waals surface area contributed by atoms with Crippen LogP contribution in [0.4, 0.5) is 11.8 Å². The van der Waals surface area contributed by atoms with E-state index in [2.05, 4.69) is 20.9 Å². The number of rotatable bonds is 5. The minimum absolute atomic E-state index is 0.0495. The van der Waals surface area contributed by atoms with Gasteiger partial charge < -0.3 is 9.80 Å². The highest BCUT2D eigenvalue weighted by Gasteiger charge is 2.28. The lowest BCUT2D eigenvalue weighted by atomic mass is 10.1. The summed E-state index contributed by atoms with van der Waals surface area (Å²) in [5, 5.41) is 0. The Morgan fingerprint density at radius 2 is 1.55 bits per heavy atom. The molecule has 2 saturated heterocycles. The maximum absolute atomic E-state index is 12.8. The van der Waals surface area contributed by atoms with Crippen LogP contribution in [0.3, 0.4) is 0 Å². The molecule has 0 aliphatic carbocycles. The number of hydrogen-bond acceptors (Lipinski definition) is 6. The summed E-state index contributed by atoms with van der Waals surface area (Å²) in [6.07, 6.45) is 3.69. The number of aryl methyl sites for hydroxylation is 1. The number of sulfonamides is 1. The van der Waals surface area contributed by atoms with Crippen LogP contribution in [-0.2, 0) is 15.8 Å². The van der Waals surface area contributed by atoms with Crippen LogP contribution in [0.5, 0.6) is 0 Å². The molecule has 4 rings (SSSR count). The quantitative estimate of drug-likeness (QED) is 0.747. The first kappa shape index (κ1) is 20.1. The second-order valence-electron chi connectivity index (χ2n) is 7.84. The molecule has 0 saturated carbocycles. The smallest absolute Gasteiger partial charge is 0.227 e. The number of hydrogen-bond donors (Lipinski definition) is 0. The Balaban J connectivity index is 1.42. The predicted octanol–water partition coefficient (Wildman–Crippen LogP) is 2.43. The largest absolute Gasteiger partial charge is 0.356 e. The monoisotopic (exact) mass is 415 g/mol. The summed E-state index contributed by atoms with van der Waals surface area (Å²) in [7, 11) is -3.32. The first-order valence-electron chi connectivity index (χ1n) is 10.4. The molecule has 29 heavy (non-hydrogen) atoms. The Morgan fingerprint density at radius 3 is 2.24 bits per heavy atom. The van der Waals surface area contributed by atoms with Gasteiger partial charge in [-0.1, -0.05) is 30.3 Å². The van der Waals surface area contributed by atoms with E-state index in [1.54, 1.807) is 4.31 Å². The molecule has 0 amide bonds. The molecule has 0 atom stereocenters. The molecule has 3 heterocycles. The molecule has 0 unspecified atom stereocenters. The van der Waals surface area contributed by atoms with Gasteiger partial charge >= 0.3 is 0 Å². The lowest BCUT2D eigenvalue weighted by molar-refractivity contribution is 0.382. The number of benzene rings is 1. The summed E-state index contributed by atoms with van der Waals surface area (Å²) >= 11 is 0. The second kappa shape index (κ2) is 8.67. The van der Waals surface area contributed by atoms with Crippen molar-refractivity contribution in [3.05, 3.63) is 47.7 Å². The maximum Gasteiger partial charge on any atom is 0.227 e. The first-order chi connectivity index (χ1) is 14.0. The topological polar surface area (TPSA) is 69.6 Å². The van der Waals surface area contributed by atoms with Crippen LogP contribution in [-0.4, -0.2) is 62.0 Å². The Labute approximate surface area is 173 Å². The molecule has 7 nitrogen and oxygen atoms in total. The fourth-order valence-electron chi connectivity index (χ4n) is 4.01. The molecule has 0 bridgehead atoms. The summed E-state index contributed by atoms with van der Waals surface area (Å²) in [5.41, 5.74) is 1.78. The van der Waals surface area contributed by atoms with Gasteiger partial charge in [-0.25, -0.2) is 13.4 Å². The van der Waals surface area contributed by atoms with Gasteiger partial charge in [-0.2, -0.15) is 9.29 Å². The Kier molecular flexibility index (Phi) is 6.01. The molecule has 2 aliphatic heterocycles. The second-order valence-corrected chi connectivity index (χ2v) is 9.81. The van der Waals surface area contributed by atoms with Crippen LogP contribution in [0.1, 0.15) is 30.5 Å². The van der Waals surface area contributed by atoms with E-state index >= 15 is 0 Å². The van der Waals surface area contributed by atoms with E-state index in [1.807, 2.05) is 37.3 Å². The molecule has 0 spiro atoms. The van der Waals surface area contributed by atoms with Gasteiger partial charge in [0.15, 0.2) is 0 Å². The van der Waals surface area contributed by atoms with Crippen molar-refractivity contribution in [1.82, 2.24) is 14.3 Å². The van der Waals surface area contributed by atoms with Crippen molar-refractivity contribution < 1.29 is 8.42 Å². The van der Waals surface area contributed by atoms with Crippen molar-refractivity contribution in [1.29, 1.82) is 0 Å². The van der Waals surface area contributed by atoms with Crippen molar-refractivity contribution in [3.8, 4) is 0 Å². The van der Waals surface area contributed by atoms with Crippen molar-refractivity contribution >= 4 is 21.8 Å². The zero-order valence-electron chi connectivity index (χ0n) is 17.0. The molecule has 2 aliphatic rings. The highest BCUT2D eigenvalue weighted by Crippen LogP contribution is 2.22. The van der Waals surface area contributed by atoms with Gasteiger partial charge in [0.25, 0.3) is 0 Å². The van der Waals surface area contributed by atoms with E-state index in [0.29, 0.717) is 32.1 Å². The van der Waals surface area contributed by atoms with E-state index < -0.39 is 10.0 Å². The van der Waals surface area contributed by atoms with Crippen LogP contribution in [0.25, 0.3) is 0 Å². The third kappa shape index (κ3) is 4.87. The maximum atomic E-state index is 12.8. The Bertz CT molecular complexity index is 921. The number of piperidine rings is 1. The van der Waals surface area contributed by atoms with Crippen LogP contribution in [0.2, 0.25) is 0 Å². The summed E-state index contributed by atoms with van der Waals surface area (Å²) in [4.78, 5) is 13.9. The number of nitrogens with zero attached hydrogens (tertiary/aromatic N) is 5. The van der Waals surface area contributed by atoms with Crippen molar-refractivity contribution in [2.24, 2.45) is 0 Å². The van der Waals surface area contributed by atoms with Crippen molar-refractivity contribution in [3.63, 3.8) is 0 Å². The van der Waals surface area contributed by atoms with E-state index in [-0.39, 0.29) is 5.75 Å². The molecule has 1 aromatic heterocycles. The van der Waals surface area contributed by atoms with Gasteiger partial charge in [0.05, 0.1) is 5.75 Å². The number of piperazine rings is 1. The fraction of sp³-hybridized carbons (Fsp3) is 0.524. The zero-order valence-corrected chi connectivity index (χ0v) is 17.8. The normalized spacial score (nSPS) is 18.8. The lowest BCUT2D eigenvalue weighted by Crippen LogP contribution is -2.49. The van der Waals surface area contributed by atoms with Crippen LogP contribution in [0, 0.1) is 6.92 Å². The number of aromatic nitrogens is 2. The number of anilines is 2. The molecule has 0 N–H and O–H groups in total. The highest BCUT2D eigenvalue weighted by atomic mass is 32.2. The average molecular weight is 416 g/mol. The molecular weight excluding hydrogens is 386 g/mol. The lowest BCUT2D eigenvalue weighted by Gasteiger charge is -2.35. The molecule has 2 aromatic rings. The third-order valence-corrected chi connectivity index (χ3v) is 7.47.